The van der Waals surface area contributed by atoms with Crippen molar-refractivity contribution in [2.45, 2.75) is 37.0 Å². The number of nitrogens with zero attached hydrogens (tertiary/aromatic N) is 1. The van der Waals surface area contributed by atoms with Gasteiger partial charge in [0.05, 0.1) is 0 Å². The van der Waals surface area contributed by atoms with Gasteiger partial charge < -0.3 is 9.94 Å². The molecule has 3 rings (SSSR count). The molecule has 0 N–H and O–H groups in total. The average molecular weight is 673 g/mol. The first kappa shape index (κ1) is 29.6. The minimum absolute atomic E-state index is 0.0601. The van der Waals surface area contributed by atoms with Crippen molar-refractivity contribution in [1.82, 2.24) is 0 Å². The van der Waals surface area contributed by atoms with E-state index in [4.69, 9.17) is 0 Å². The lowest BCUT2D eigenvalue weighted by atomic mass is 9.86. The molecule has 4 nitrogen and oxygen atoms in total. The number of rotatable bonds is 7. The zero-order chi connectivity index (χ0) is 28.8. The van der Waals surface area contributed by atoms with Gasteiger partial charge in [-0.15, -0.1) is 0 Å². The van der Waals surface area contributed by atoms with Crippen molar-refractivity contribution in [3.63, 3.8) is 0 Å². The highest BCUT2D eigenvalue weighted by molar-refractivity contribution is 14.1. The number of fused-ring (bicyclic) bond motifs is 1. The third-order valence-electron chi connectivity index (χ3n) is 5.37. The molecule has 0 fully saturated rings. The quantitative estimate of drug-likeness (QED) is 0.0891. The van der Waals surface area contributed by atoms with Crippen molar-refractivity contribution >= 4 is 39.3 Å². The Hall–Kier alpha value is -2.92. The van der Waals surface area contributed by atoms with Crippen molar-refractivity contribution in [2.24, 2.45) is 0 Å². The molecular weight excluding hydrogens is 662 g/mol. The first-order valence-electron chi connectivity index (χ1n) is 9.94. The Kier molecular flexibility index (Phi) is 7.80. The van der Waals surface area contributed by atoms with E-state index in [-0.39, 0.29) is 28.6 Å². The Morgan fingerprint density at radius 3 is 2.13 bits per heavy atom. The summed E-state index contributed by atoms with van der Waals surface area (Å²) >= 11 is 1.07. The number of carbonyl (C=O) groups is 1. The van der Waals surface area contributed by atoms with E-state index in [0.717, 1.165) is 34.9 Å². The molecule has 16 heteroatoms. The van der Waals surface area contributed by atoms with Gasteiger partial charge in [0.1, 0.15) is 5.75 Å². The predicted molar refractivity (Wildman–Crippen MR) is 117 cm³/mol. The molecule has 1 unspecified atom stereocenters. The molecule has 2 aromatic carbocycles. The monoisotopic (exact) mass is 673 g/mol. The summed E-state index contributed by atoms with van der Waals surface area (Å²) in [5, 5.41) is 12.0. The Balaban J connectivity index is 2.15. The van der Waals surface area contributed by atoms with E-state index in [9.17, 15) is 58.3 Å². The molecule has 0 bridgehead atoms. The molecule has 1 heterocycles. The van der Waals surface area contributed by atoms with Crippen LogP contribution in [0.25, 0.3) is 10.9 Å². The molecule has 1 aromatic heterocycles. The first-order chi connectivity index (χ1) is 17.3. The van der Waals surface area contributed by atoms with Crippen LogP contribution in [0, 0.1) is 8.78 Å². The number of Topliss-reactive ketones (excluding diaryl/α,β-unsaturated/α-hetero) is 1. The van der Waals surface area contributed by atoms with E-state index < -0.39 is 63.2 Å². The second-order valence-electron chi connectivity index (χ2n) is 7.75. The molecule has 0 saturated heterocycles. The Bertz CT molecular complexity index is 1380. The molecule has 1 atom stereocenters. The van der Waals surface area contributed by atoms with Gasteiger partial charge in [-0.1, -0.05) is 0 Å². The van der Waals surface area contributed by atoms with Crippen LogP contribution in [0.5, 0.6) is 5.75 Å². The van der Waals surface area contributed by atoms with Crippen LogP contribution >= 0.6 is 22.6 Å². The third-order valence-corrected chi connectivity index (χ3v) is 6.33. The number of alkyl halides is 11. The number of benzene rings is 2. The molecular formula is C22H11F11INO3. The zero-order valence-corrected chi connectivity index (χ0v) is 20.3. The van der Waals surface area contributed by atoms with Crippen LogP contribution in [0.1, 0.15) is 21.5 Å². The van der Waals surface area contributed by atoms with Gasteiger partial charge in [0.2, 0.25) is 5.52 Å². The third kappa shape index (κ3) is 5.18. The SMILES string of the molecule is O=C(Cc1c(I)cc(C(F)(C(F)(F)F)C(F)(F)C(F)(F)F)cc1OC(F)F)c1ccc2c(ccc[n+]2[O-])c1. The maximum absolute atomic E-state index is 14.9. The molecule has 0 saturated carbocycles. The second kappa shape index (κ2) is 10.00. The van der Waals surface area contributed by atoms with Crippen LogP contribution in [0.2, 0.25) is 0 Å². The minimum atomic E-state index is -7.04. The normalized spacial score (nSPS) is 14.6. The van der Waals surface area contributed by atoms with Crippen LogP contribution in [0.3, 0.4) is 0 Å². The summed E-state index contributed by atoms with van der Waals surface area (Å²) < 4.78 is 151. The lowest BCUT2D eigenvalue weighted by molar-refractivity contribution is -0.577. The number of aromatic nitrogens is 1. The van der Waals surface area contributed by atoms with Gasteiger partial charge in [-0.05, 0) is 52.9 Å². The predicted octanol–water partition coefficient (Wildman–Crippen LogP) is 7.03. The van der Waals surface area contributed by atoms with Crippen LogP contribution in [0.15, 0.2) is 48.7 Å². The van der Waals surface area contributed by atoms with Crippen LogP contribution in [-0.4, -0.2) is 30.7 Å². The van der Waals surface area contributed by atoms with Gasteiger partial charge in [0, 0.05) is 44.2 Å². The first-order valence-corrected chi connectivity index (χ1v) is 11.0. The molecule has 0 amide bonds. The Morgan fingerprint density at radius 1 is 0.947 bits per heavy atom. The van der Waals surface area contributed by atoms with Crippen molar-refractivity contribution in [1.29, 1.82) is 0 Å². The Labute approximate surface area is 218 Å². The van der Waals surface area contributed by atoms with Crippen LogP contribution < -0.4 is 9.47 Å². The van der Waals surface area contributed by atoms with Gasteiger partial charge in [-0.25, -0.2) is 4.39 Å². The molecule has 0 aliphatic heterocycles. The minimum Gasteiger partial charge on any atom is -0.618 e. The van der Waals surface area contributed by atoms with E-state index in [0.29, 0.717) is 4.73 Å². The fourth-order valence-corrected chi connectivity index (χ4v) is 4.32. The van der Waals surface area contributed by atoms with E-state index >= 15 is 0 Å². The molecule has 38 heavy (non-hydrogen) atoms. The van der Waals surface area contributed by atoms with E-state index in [1.807, 2.05) is 0 Å². The summed E-state index contributed by atoms with van der Waals surface area (Å²) in [4.78, 5) is 12.8. The summed E-state index contributed by atoms with van der Waals surface area (Å²) in [6.07, 6.45) is -13.6. The van der Waals surface area contributed by atoms with E-state index in [2.05, 4.69) is 4.74 Å². The molecule has 0 spiro atoms. The van der Waals surface area contributed by atoms with Gasteiger partial charge in [0.25, 0.3) is 0 Å². The van der Waals surface area contributed by atoms with Crippen molar-refractivity contribution in [3.8, 4) is 5.75 Å². The lowest BCUT2D eigenvalue weighted by Gasteiger charge is -2.36. The maximum atomic E-state index is 14.9. The van der Waals surface area contributed by atoms with Crippen LogP contribution in [0.4, 0.5) is 48.3 Å². The lowest BCUT2D eigenvalue weighted by Crippen LogP contribution is -2.59. The Morgan fingerprint density at radius 2 is 1.58 bits per heavy atom. The smallest absolute Gasteiger partial charge is 0.457 e. The van der Waals surface area contributed by atoms with E-state index in [1.165, 1.54) is 24.3 Å². The summed E-state index contributed by atoms with van der Waals surface area (Å²) in [5.74, 6) is -9.34. The maximum Gasteiger partial charge on any atom is 0.457 e. The van der Waals surface area contributed by atoms with Crippen molar-refractivity contribution < 1.29 is 62.6 Å². The number of carbonyl (C=O) groups excluding carboxylic acids is 1. The summed E-state index contributed by atoms with van der Waals surface area (Å²) in [6, 6.07) is 5.99. The summed E-state index contributed by atoms with van der Waals surface area (Å²) in [6.45, 7) is -3.84. The van der Waals surface area contributed by atoms with Gasteiger partial charge in [-0.3, -0.25) is 4.79 Å². The molecule has 206 valence electrons. The zero-order valence-electron chi connectivity index (χ0n) is 18.1. The van der Waals surface area contributed by atoms with Gasteiger partial charge >= 0.3 is 30.6 Å². The average Bonchev–Trinajstić information content (AvgIpc) is 2.78. The highest BCUT2D eigenvalue weighted by Crippen LogP contribution is 2.58. The highest BCUT2D eigenvalue weighted by Gasteiger charge is 2.81. The molecule has 3 aromatic rings. The second-order valence-corrected chi connectivity index (χ2v) is 8.91. The standard InChI is InChI=1S/C22H11F11INO3/c23-18(24)38-17-8-12(19(25,21(28,29)30)20(26,27)22(31,32)33)7-14(34)13(17)9-16(36)11-3-4-15-10(6-11)2-1-5-35(15)37/h1-8,18H,9H2. The largest absolute Gasteiger partial charge is 0.618 e. The number of halogens is 12. The fraction of sp³-hybridized carbons (Fsp3) is 0.273. The van der Waals surface area contributed by atoms with E-state index in [1.54, 1.807) is 0 Å². The molecule has 0 radical (unpaired) electrons. The number of ketones is 1. The number of hydrogen-bond donors (Lipinski definition) is 0. The summed E-state index contributed by atoms with van der Waals surface area (Å²) in [7, 11) is 0. The molecule has 0 aliphatic carbocycles. The molecule has 0 aliphatic rings. The van der Waals surface area contributed by atoms with Gasteiger partial charge in [0.15, 0.2) is 12.0 Å². The van der Waals surface area contributed by atoms with Gasteiger partial charge in [-0.2, -0.15) is 48.6 Å². The highest BCUT2D eigenvalue weighted by atomic mass is 127. The van der Waals surface area contributed by atoms with Crippen molar-refractivity contribution in [3.05, 3.63) is 74.1 Å². The summed E-state index contributed by atoms with van der Waals surface area (Å²) in [5.41, 5.74) is -9.37. The number of pyridine rings is 1. The number of hydrogen-bond acceptors (Lipinski definition) is 3. The fourth-order valence-electron chi connectivity index (χ4n) is 3.53. The number of ether oxygens (including phenoxy) is 1. The topological polar surface area (TPSA) is 53.2 Å². The van der Waals surface area contributed by atoms with Crippen molar-refractivity contribution in [2.75, 3.05) is 0 Å². The van der Waals surface area contributed by atoms with Crippen LogP contribution in [-0.2, 0) is 12.1 Å².